The maximum absolute atomic E-state index is 13.5. The molecule has 4 heteroatoms. The molecule has 0 aliphatic carbocycles. The van der Waals surface area contributed by atoms with Crippen molar-refractivity contribution >= 4 is 0 Å². The van der Waals surface area contributed by atoms with Crippen LogP contribution in [0, 0.1) is 11.6 Å². The van der Waals surface area contributed by atoms with Gasteiger partial charge in [-0.3, -0.25) is 0 Å². The average molecular weight is 213 g/mol. The molecule has 1 aromatic carbocycles. The topological polar surface area (TPSA) is 32.3 Å². The van der Waals surface area contributed by atoms with Crippen molar-refractivity contribution < 1.29 is 13.9 Å². The molecule has 1 aliphatic heterocycles. The minimum atomic E-state index is -0.903. The number of phenolic OH excluding ortho intramolecular Hbond substituents is 1. The molecule has 1 heterocycles. The predicted molar refractivity (Wildman–Crippen MR) is 52.9 cm³/mol. The van der Waals surface area contributed by atoms with Gasteiger partial charge >= 0.3 is 0 Å². The van der Waals surface area contributed by atoms with E-state index in [1.54, 1.807) is 0 Å². The first-order chi connectivity index (χ1) is 7.20. The molecule has 1 fully saturated rings. The summed E-state index contributed by atoms with van der Waals surface area (Å²) in [6.07, 6.45) is 1.84. The molecular weight excluding hydrogens is 200 g/mol. The van der Waals surface area contributed by atoms with Gasteiger partial charge in [0.15, 0.2) is 17.4 Å². The Kier molecular flexibility index (Phi) is 2.86. The number of phenols is 1. The average Bonchev–Trinajstić information content (AvgIpc) is 2.27. The number of nitrogens with one attached hydrogen (secondary N) is 1. The van der Waals surface area contributed by atoms with Crippen LogP contribution in [0.2, 0.25) is 0 Å². The summed E-state index contributed by atoms with van der Waals surface area (Å²) in [6, 6.07) is 2.53. The van der Waals surface area contributed by atoms with Crippen LogP contribution in [0.3, 0.4) is 0 Å². The molecule has 1 unspecified atom stereocenters. The molecule has 1 aliphatic rings. The zero-order valence-electron chi connectivity index (χ0n) is 8.26. The third-order valence-electron chi connectivity index (χ3n) is 2.83. The highest BCUT2D eigenvalue weighted by molar-refractivity contribution is 5.34. The van der Waals surface area contributed by atoms with Crippen LogP contribution < -0.4 is 5.32 Å². The SMILES string of the molecule is Oc1c(F)ccc(C2CCCNC2)c1F. The first-order valence-corrected chi connectivity index (χ1v) is 5.07. The third-order valence-corrected chi connectivity index (χ3v) is 2.83. The van der Waals surface area contributed by atoms with Crippen molar-refractivity contribution in [3.63, 3.8) is 0 Å². The first-order valence-electron chi connectivity index (χ1n) is 5.07. The lowest BCUT2D eigenvalue weighted by Gasteiger charge is -2.23. The molecule has 0 radical (unpaired) electrons. The summed E-state index contributed by atoms with van der Waals surface area (Å²) in [6.45, 7) is 1.62. The smallest absolute Gasteiger partial charge is 0.188 e. The van der Waals surface area contributed by atoms with Crippen molar-refractivity contribution in [2.75, 3.05) is 13.1 Å². The van der Waals surface area contributed by atoms with Gasteiger partial charge in [-0.25, -0.2) is 8.78 Å². The minimum absolute atomic E-state index is 0.0326. The van der Waals surface area contributed by atoms with Crippen molar-refractivity contribution in [3.05, 3.63) is 29.3 Å². The second-order valence-corrected chi connectivity index (χ2v) is 3.84. The Balaban J connectivity index is 2.31. The minimum Gasteiger partial charge on any atom is -0.503 e. The Morgan fingerprint density at radius 3 is 2.80 bits per heavy atom. The number of hydrogen-bond acceptors (Lipinski definition) is 2. The van der Waals surface area contributed by atoms with E-state index in [0.29, 0.717) is 12.1 Å². The molecule has 2 rings (SSSR count). The molecule has 15 heavy (non-hydrogen) atoms. The molecule has 0 spiro atoms. The summed E-state index contributed by atoms with van der Waals surface area (Å²) in [5.41, 5.74) is 0.404. The molecule has 1 atom stereocenters. The summed E-state index contributed by atoms with van der Waals surface area (Å²) in [4.78, 5) is 0. The summed E-state index contributed by atoms with van der Waals surface area (Å²) in [5, 5.41) is 12.3. The van der Waals surface area contributed by atoms with E-state index in [1.165, 1.54) is 6.07 Å². The first kappa shape index (κ1) is 10.4. The van der Waals surface area contributed by atoms with Crippen molar-refractivity contribution in [1.29, 1.82) is 0 Å². The Labute approximate surface area is 86.9 Å². The van der Waals surface area contributed by atoms with Gasteiger partial charge in [-0.1, -0.05) is 6.07 Å². The van der Waals surface area contributed by atoms with Crippen LogP contribution in [0.25, 0.3) is 0 Å². The Bertz CT molecular complexity index is 362. The van der Waals surface area contributed by atoms with E-state index in [2.05, 4.69) is 5.32 Å². The number of rotatable bonds is 1. The van der Waals surface area contributed by atoms with E-state index in [-0.39, 0.29) is 5.92 Å². The van der Waals surface area contributed by atoms with Gasteiger partial charge in [0.2, 0.25) is 0 Å². The van der Waals surface area contributed by atoms with Gasteiger partial charge < -0.3 is 10.4 Å². The zero-order chi connectivity index (χ0) is 10.8. The van der Waals surface area contributed by atoms with Crippen LogP contribution in [0.5, 0.6) is 5.75 Å². The van der Waals surface area contributed by atoms with E-state index in [4.69, 9.17) is 5.11 Å². The molecule has 82 valence electrons. The van der Waals surface area contributed by atoms with Crippen LogP contribution in [0.4, 0.5) is 8.78 Å². The monoisotopic (exact) mass is 213 g/mol. The fraction of sp³-hybridized carbons (Fsp3) is 0.455. The van der Waals surface area contributed by atoms with Gasteiger partial charge in [0, 0.05) is 6.54 Å². The van der Waals surface area contributed by atoms with E-state index >= 15 is 0 Å². The van der Waals surface area contributed by atoms with Gasteiger partial charge in [0.1, 0.15) is 0 Å². The van der Waals surface area contributed by atoms with Crippen LogP contribution in [0.1, 0.15) is 24.3 Å². The van der Waals surface area contributed by atoms with Gasteiger partial charge in [-0.2, -0.15) is 0 Å². The Morgan fingerprint density at radius 1 is 1.33 bits per heavy atom. The fourth-order valence-corrected chi connectivity index (χ4v) is 1.99. The number of benzene rings is 1. The molecule has 0 amide bonds. The number of hydrogen-bond donors (Lipinski definition) is 2. The number of aromatic hydroxyl groups is 1. The molecule has 2 N–H and O–H groups in total. The largest absolute Gasteiger partial charge is 0.503 e. The second kappa shape index (κ2) is 4.14. The highest BCUT2D eigenvalue weighted by Gasteiger charge is 2.21. The normalized spacial score (nSPS) is 21.6. The highest BCUT2D eigenvalue weighted by atomic mass is 19.1. The van der Waals surface area contributed by atoms with Gasteiger partial charge in [-0.15, -0.1) is 0 Å². The lowest BCUT2D eigenvalue weighted by molar-refractivity contribution is 0.382. The predicted octanol–water partition coefficient (Wildman–Crippen LogP) is 2.14. The van der Waals surface area contributed by atoms with Gasteiger partial charge in [0.05, 0.1) is 0 Å². The Hall–Kier alpha value is -1.16. The molecule has 2 nitrogen and oxygen atoms in total. The van der Waals surface area contributed by atoms with Gasteiger partial charge in [0.25, 0.3) is 0 Å². The van der Waals surface area contributed by atoms with E-state index < -0.39 is 17.4 Å². The third kappa shape index (κ3) is 1.95. The molecule has 0 aromatic heterocycles. The summed E-state index contributed by atoms with van der Waals surface area (Å²) >= 11 is 0. The van der Waals surface area contributed by atoms with Crippen molar-refractivity contribution in [3.8, 4) is 5.75 Å². The lowest BCUT2D eigenvalue weighted by Crippen LogP contribution is -2.28. The van der Waals surface area contributed by atoms with E-state index in [1.807, 2.05) is 0 Å². The standard InChI is InChI=1S/C11H13F2NO/c12-9-4-3-8(10(13)11(9)15)7-2-1-5-14-6-7/h3-4,7,14-15H,1-2,5-6H2. The molecule has 0 bridgehead atoms. The van der Waals surface area contributed by atoms with Crippen molar-refractivity contribution in [2.45, 2.75) is 18.8 Å². The quantitative estimate of drug-likeness (QED) is 0.749. The fourth-order valence-electron chi connectivity index (χ4n) is 1.99. The van der Waals surface area contributed by atoms with Crippen LogP contribution >= 0.6 is 0 Å². The van der Waals surface area contributed by atoms with Gasteiger partial charge in [-0.05, 0) is 36.9 Å². The number of piperidine rings is 1. The summed E-state index contributed by atoms with van der Waals surface area (Å²) < 4.78 is 26.4. The number of halogens is 2. The zero-order valence-corrected chi connectivity index (χ0v) is 8.26. The highest BCUT2D eigenvalue weighted by Crippen LogP contribution is 2.31. The van der Waals surface area contributed by atoms with E-state index in [9.17, 15) is 8.78 Å². The van der Waals surface area contributed by atoms with E-state index in [0.717, 1.165) is 25.5 Å². The second-order valence-electron chi connectivity index (χ2n) is 3.84. The molecular formula is C11H13F2NO. The molecule has 1 saturated heterocycles. The molecule has 1 aromatic rings. The van der Waals surface area contributed by atoms with Crippen LogP contribution in [-0.2, 0) is 0 Å². The summed E-state index contributed by atoms with van der Waals surface area (Å²) in [5.74, 6) is -2.55. The maximum atomic E-state index is 13.5. The Morgan fingerprint density at radius 2 is 2.13 bits per heavy atom. The van der Waals surface area contributed by atoms with Crippen LogP contribution in [0.15, 0.2) is 12.1 Å². The van der Waals surface area contributed by atoms with Crippen LogP contribution in [-0.4, -0.2) is 18.2 Å². The maximum Gasteiger partial charge on any atom is 0.188 e. The van der Waals surface area contributed by atoms with Crippen molar-refractivity contribution in [1.82, 2.24) is 5.32 Å². The lowest BCUT2D eigenvalue weighted by atomic mass is 9.91. The molecule has 0 saturated carbocycles. The summed E-state index contributed by atoms with van der Waals surface area (Å²) in [7, 11) is 0. The van der Waals surface area contributed by atoms with Crippen molar-refractivity contribution in [2.24, 2.45) is 0 Å².